The van der Waals surface area contributed by atoms with Gasteiger partial charge >= 0.3 is 12.1 Å². The second-order valence-electron chi connectivity index (χ2n) is 14.7. The largest absolute Gasteiger partial charge is 0.459 e. The van der Waals surface area contributed by atoms with E-state index < -0.39 is 12.1 Å². The van der Waals surface area contributed by atoms with Crippen molar-refractivity contribution in [3.05, 3.63) is 40.7 Å². The number of rotatable bonds is 6. The van der Waals surface area contributed by atoms with Crippen LogP contribution in [-0.2, 0) is 4.74 Å². The number of fused-ring (bicyclic) bond motifs is 1. The van der Waals surface area contributed by atoms with Crippen LogP contribution in [0.5, 0.6) is 5.88 Å². The van der Waals surface area contributed by atoms with Crippen LogP contribution in [0.1, 0.15) is 83.1 Å². The lowest BCUT2D eigenvalue weighted by molar-refractivity contribution is -0.0641. The number of likely N-dealkylation sites (tertiary alicyclic amines) is 1. The van der Waals surface area contributed by atoms with E-state index in [9.17, 15) is 9.59 Å². The Morgan fingerprint density at radius 2 is 1.91 bits per heavy atom. The number of nitrogens with zero attached hydrogens (tertiary/aromatic N) is 5. The summed E-state index contributed by atoms with van der Waals surface area (Å²) in [6.07, 6.45) is 3.06. The molecule has 2 fully saturated rings. The molecule has 1 saturated carbocycles. The minimum atomic E-state index is -0.613. The number of aryl methyl sites for hydroxylation is 1. The highest BCUT2D eigenvalue weighted by molar-refractivity contribution is 6.05. The van der Waals surface area contributed by atoms with Crippen LogP contribution < -0.4 is 9.64 Å². The number of hydrogen-bond donors (Lipinski definition) is 1. The van der Waals surface area contributed by atoms with Crippen molar-refractivity contribution in [2.75, 3.05) is 32.1 Å². The Balaban J connectivity index is 1.62. The fraction of sp³-hybridized carbons (Fsp3) is 0.600. The third-order valence-corrected chi connectivity index (χ3v) is 9.74. The molecule has 1 aromatic carbocycles. The number of amides is 1. The maximum absolute atomic E-state index is 14.3. The summed E-state index contributed by atoms with van der Waals surface area (Å²) in [6.45, 7) is 24.3. The molecule has 10 heteroatoms. The Kier molecular flexibility index (Phi) is 8.94. The molecule has 4 atom stereocenters. The Labute approximate surface area is 266 Å². The maximum Gasteiger partial charge on any atom is 0.415 e. The van der Waals surface area contributed by atoms with Crippen LogP contribution in [0, 0.1) is 42.6 Å². The Morgan fingerprint density at radius 3 is 2.51 bits per heavy atom. The molecule has 1 aliphatic heterocycles. The highest BCUT2D eigenvalue weighted by Crippen LogP contribution is 2.46. The van der Waals surface area contributed by atoms with Crippen molar-refractivity contribution in [2.24, 2.45) is 29.1 Å². The first-order valence-electron chi connectivity index (χ1n) is 16.2. The number of carbonyl (C=O) groups excluding carboxylic acids is 2. The maximum atomic E-state index is 14.3. The highest BCUT2D eigenvalue weighted by Gasteiger charge is 2.44. The first-order valence-corrected chi connectivity index (χ1v) is 16.2. The quantitative estimate of drug-likeness (QED) is 0.225. The number of nitrogens with one attached hydrogen (secondary N) is 1. The van der Waals surface area contributed by atoms with Crippen LogP contribution in [0.15, 0.2) is 18.2 Å². The molecule has 0 spiro atoms. The number of ether oxygens (including phenoxy) is 2. The SMILES string of the molecule is [C-]#[N+]c1c(C(=O)OC2C(C(C)C)CCCC2C(C)(C)C)c2nc(-c3ccc(C)c(N(C)C)c3)[nH]n2c1OC(=O)N1CCC(C)C1. The van der Waals surface area contributed by atoms with Crippen molar-refractivity contribution in [2.45, 2.75) is 80.3 Å². The van der Waals surface area contributed by atoms with Gasteiger partial charge in [0.1, 0.15) is 11.7 Å². The minimum absolute atomic E-state index is 0.0192. The van der Waals surface area contributed by atoms with Crippen molar-refractivity contribution in [3.63, 3.8) is 0 Å². The molecule has 3 heterocycles. The van der Waals surface area contributed by atoms with Crippen molar-refractivity contribution >= 4 is 29.1 Å². The summed E-state index contributed by atoms with van der Waals surface area (Å²) in [6, 6.07) is 5.98. The fourth-order valence-corrected chi connectivity index (χ4v) is 7.17. The summed E-state index contributed by atoms with van der Waals surface area (Å²) >= 11 is 0. The van der Waals surface area contributed by atoms with Crippen LogP contribution >= 0.6 is 0 Å². The zero-order valence-electron chi connectivity index (χ0n) is 28.2. The standard InChI is InChI=1S/C35H48N6O4/c1-20(2)24-12-11-13-25(35(5,6)7)29(24)44-33(42)27-28(36-8)32(45-34(43)40-17-16-21(3)19-40)41-31(27)37-30(38-41)23-15-14-22(4)26(18-23)39(9)10/h14-15,18,20-21,24-25,29H,11-13,16-17,19H2,1-7,9-10H3,(H,37,38). The lowest BCUT2D eigenvalue weighted by atomic mass is 9.65. The van der Waals surface area contributed by atoms with Gasteiger partial charge in [-0.15, -0.1) is 0 Å². The molecule has 2 aromatic heterocycles. The fourth-order valence-electron chi connectivity index (χ4n) is 7.17. The number of carbonyl (C=O) groups is 2. The molecule has 45 heavy (non-hydrogen) atoms. The summed E-state index contributed by atoms with van der Waals surface area (Å²) in [7, 11) is 3.96. The first kappa shape index (κ1) is 32.4. The Morgan fingerprint density at radius 1 is 1.18 bits per heavy atom. The average Bonchev–Trinajstić information content (AvgIpc) is 3.67. The van der Waals surface area contributed by atoms with Gasteiger partial charge in [-0.05, 0) is 61.0 Å². The van der Waals surface area contributed by atoms with E-state index in [0.29, 0.717) is 30.7 Å². The summed E-state index contributed by atoms with van der Waals surface area (Å²) in [5.41, 5.74) is 3.00. The van der Waals surface area contributed by atoms with E-state index in [1.807, 2.05) is 44.1 Å². The Bertz CT molecular complexity index is 1620. The molecule has 1 amide bonds. The molecule has 4 unspecified atom stereocenters. The number of hydrogen-bond acceptors (Lipinski definition) is 6. The van der Waals surface area contributed by atoms with Gasteiger partial charge in [0.2, 0.25) is 5.88 Å². The molecule has 1 saturated heterocycles. The third kappa shape index (κ3) is 6.27. The molecule has 0 radical (unpaired) electrons. The first-order chi connectivity index (χ1) is 21.2. The molecule has 242 valence electrons. The lowest BCUT2D eigenvalue weighted by Crippen LogP contribution is -2.45. The third-order valence-electron chi connectivity index (χ3n) is 9.74. The van der Waals surface area contributed by atoms with Crippen LogP contribution in [0.4, 0.5) is 16.2 Å². The average molecular weight is 617 g/mol. The number of esters is 1. The second-order valence-corrected chi connectivity index (χ2v) is 14.7. The van der Waals surface area contributed by atoms with E-state index in [4.69, 9.17) is 21.0 Å². The van der Waals surface area contributed by atoms with Crippen LogP contribution in [0.25, 0.3) is 21.9 Å². The van der Waals surface area contributed by atoms with Crippen LogP contribution in [-0.4, -0.2) is 64.8 Å². The zero-order valence-corrected chi connectivity index (χ0v) is 28.2. The molecular weight excluding hydrogens is 568 g/mol. The molecule has 0 bridgehead atoms. The molecule has 3 aromatic rings. The van der Waals surface area contributed by atoms with Gasteiger partial charge in [0.05, 0.1) is 6.57 Å². The number of anilines is 1. The van der Waals surface area contributed by atoms with Gasteiger partial charge in [0.25, 0.3) is 5.69 Å². The van der Waals surface area contributed by atoms with Gasteiger partial charge in [-0.25, -0.2) is 23.9 Å². The number of H-pyrrole nitrogens is 1. The van der Waals surface area contributed by atoms with Crippen molar-refractivity contribution < 1.29 is 19.1 Å². The summed E-state index contributed by atoms with van der Waals surface area (Å²) < 4.78 is 13.8. The Hall–Kier alpha value is -4.00. The monoisotopic (exact) mass is 616 g/mol. The van der Waals surface area contributed by atoms with E-state index in [2.05, 4.69) is 51.5 Å². The van der Waals surface area contributed by atoms with Crippen molar-refractivity contribution in [3.8, 4) is 17.3 Å². The predicted molar refractivity (Wildman–Crippen MR) is 176 cm³/mol. The normalized spacial score (nSPS) is 22.1. The van der Waals surface area contributed by atoms with E-state index in [-0.39, 0.29) is 46.1 Å². The van der Waals surface area contributed by atoms with Gasteiger partial charge in [-0.3, -0.25) is 5.10 Å². The zero-order chi connectivity index (χ0) is 32.8. The van der Waals surface area contributed by atoms with Crippen molar-refractivity contribution in [1.29, 1.82) is 0 Å². The smallest absolute Gasteiger partial charge is 0.415 e. The summed E-state index contributed by atoms with van der Waals surface area (Å²) in [5.74, 6) is 0.871. The predicted octanol–water partition coefficient (Wildman–Crippen LogP) is 7.74. The van der Waals surface area contributed by atoms with Gasteiger partial charge in [0.15, 0.2) is 11.5 Å². The highest BCUT2D eigenvalue weighted by atomic mass is 16.6. The van der Waals surface area contributed by atoms with Crippen LogP contribution in [0.2, 0.25) is 0 Å². The van der Waals surface area contributed by atoms with Gasteiger partial charge in [-0.1, -0.05) is 60.1 Å². The van der Waals surface area contributed by atoms with Gasteiger partial charge < -0.3 is 19.3 Å². The lowest BCUT2D eigenvalue weighted by Gasteiger charge is -2.45. The number of aromatic nitrogens is 3. The van der Waals surface area contributed by atoms with E-state index >= 15 is 0 Å². The summed E-state index contributed by atoms with van der Waals surface area (Å²) in [5, 5.41) is 3.22. The molecule has 5 rings (SSSR count). The summed E-state index contributed by atoms with van der Waals surface area (Å²) in [4.78, 5) is 39.8. The van der Waals surface area contributed by atoms with Gasteiger partial charge in [0, 0.05) is 44.4 Å². The molecular formula is C35H48N6O4. The van der Waals surface area contributed by atoms with Crippen molar-refractivity contribution in [1.82, 2.24) is 19.5 Å². The topological polar surface area (TPSA) is 96.5 Å². The molecule has 10 nitrogen and oxygen atoms in total. The minimum Gasteiger partial charge on any atom is -0.459 e. The number of benzene rings is 1. The number of aromatic amines is 1. The van der Waals surface area contributed by atoms with E-state index in [1.54, 1.807) is 4.90 Å². The van der Waals surface area contributed by atoms with E-state index in [0.717, 1.165) is 42.5 Å². The molecule has 1 N–H and O–H groups in total. The molecule has 1 aliphatic carbocycles. The second kappa shape index (κ2) is 12.4. The molecule has 2 aliphatic rings. The van der Waals surface area contributed by atoms with Gasteiger partial charge in [-0.2, -0.15) is 0 Å². The van der Waals surface area contributed by atoms with E-state index in [1.165, 1.54) is 4.52 Å². The van der Waals surface area contributed by atoms with Crippen LogP contribution in [0.3, 0.4) is 0 Å².